The lowest BCUT2D eigenvalue weighted by atomic mass is 10.1. The summed E-state index contributed by atoms with van der Waals surface area (Å²) in [5, 5.41) is 7.73. The smallest absolute Gasteiger partial charge is 0.238 e. The number of likely N-dealkylation sites (N-methyl/N-ethyl adjacent to an activating group) is 1. The molecule has 0 spiro atoms. The van der Waals surface area contributed by atoms with Crippen LogP contribution in [0.25, 0.3) is 0 Å². The van der Waals surface area contributed by atoms with E-state index in [0.29, 0.717) is 12.5 Å². The highest BCUT2D eigenvalue weighted by atomic mass is 16.5. The number of methoxy groups -OCH3 is 1. The number of hydrogen-bond donors (Lipinski definition) is 1. The standard InChI is InChI=1S/C14H26N4O2/c1-9(2)12-11(14(20-7)18(6)16-12)8-15-10(3)13(19)17(4)5/h9-10,15H,8H2,1-7H3/t10-/m0/s1. The van der Waals surface area contributed by atoms with Crippen LogP contribution >= 0.6 is 0 Å². The van der Waals surface area contributed by atoms with Crippen LogP contribution in [0.2, 0.25) is 0 Å². The van der Waals surface area contributed by atoms with E-state index in [-0.39, 0.29) is 11.9 Å². The van der Waals surface area contributed by atoms with E-state index in [9.17, 15) is 4.79 Å². The fraction of sp³-hybridized carbons (Fsp3) is 0.714. The molecule has 1 amide bonds. The first kappa shape index (κ1) is 16.5. The first-order valence-corrected chi connectivity index (χ1v) is 6.83. The van der Waals surface area contributed by atoms with Gasteiger partial charge in [-0.1, -0.05) is 13.8 Å². The van der Waals surface area contributed by atoms with Gasteiger partial charge in [-0.15, -0.1) is 0 Å². The Labute approximate surface area is 121 Å². The van der Waals surface area contributed by atoms with Crippen molar-refractivity contribution >= 4 is 5.91 Å². The van der Waals surface area contributed by atoms with E-state index in [0.717, 1.165) is 17.1 Å². The van der Waals surface area contributed by atoms with Gasteiger partial charge in [0.15, 0.2) is 0 Å². The van der Waals surface area contributed by atoms with Gasteiger partial charge < -0.3 is 15.0 Å². The van der Waals surface area contributed by atoms with Crippen LogP contribution in [-0.4, -0.2) is 47.8 Å². The predicted octanol–water partition coefficient (Wildman–Crippen LogP) is 1.12. The summed E-state index contributed by atoms with van der Waals surface area (Å²) in [6, 6.07) is -0.241. The zero-order valence-corrected chi connectivity index (χ0v) is 13.5. The molecule has 0 aliphatic heterocycles. The van der Waals surface area contributed by atoms with Crippen LogP contribution in [0.1, 0.15) is 37.9 Å². The molecule has 1 aromatic rings. The van der Waals surface area contributed by atoms with Crippen molar-refractivity contribution in [3.8, 4) is 5.88 Å². The minimum absolute atomic E-state index is 0.0546. The zero-order chi connectivity index (χ0) is 15.4. The fourth-order valence-corrected chi connectivity index (χ4v) is 2.19. The molecule has 0 saturated heterocycles. The maximum absolute atomic E-state index is 11.9. The van der Waals surface area contributed by atoms with Gasteiger partial charge in [0.1, 0.15) is 0 Å². The molecule has 0 aromatic carbocycles. The molecule has 0 fully saturated rings. The maximum Gasteiger partial charge on any atom is 0.238 e. The van der Waals surface area contributed by atoms with E-state index in [1.807, 2.05) is 14.0 Å². The first-order chi connectivity index (χ1) is 9.29. The Balaban J connectivity index is 2.89. The van der Waals surface area contributed by atoms with Crippen molar-refractivity contribution in [2.75, 3.05) is 21.2 Å². The highest BCUT2D eigenvalue weighted by molar-refractivity contribution is 5.80. The van der Waals surface area contributed by atoms with Gasteiger partial charge in [0.25, 0.3) is 0 Å². The number of hydrogen-bond acceptors (Lipinski definition) is 4. The van der Waals surface area contributed by atoms with Crippen molar-refractivity contribution in [2.45, 2.75) is 39.3 Å². The van der Waals surface area contributed by atoms with E-state index >= 15 is 0 Å². The Kier molecular flexibility index (Phi) is 5.56. The van der Waals surface area contributed by atoms with Gasteiger partial charge in [-0.2, -0.15) is 5.10 Å². The van der Waals surface area contributed by atoms with E-state index in [4.69, 9.17) is 4.74 Å². The Bertz CT molecular complexity index is 466. The van der Waals surface area contributed by atoms with Gasteiger partial charge >= 0.3 is 0 Å². The number of aryl methyl sites for hydroxylation is 1. The SMILES string of the molecule is COc1c(CN[C@@H](C)C(=O)N(C)C)c(C(C)C)nn1C. The average molecular weight is 282 g/mol. The molecular formula is C14H26N4O2. The summed E-state index contributed by atoms with van der Waals surface area (Å²) in [5.74, 6) is 1.10. The van der Waals surface area contributed by atoms with Gasteiger partial charge in [0.05, 0.1) is 24.4 Å². The topological polar surface area (TPSA) is 59.4 Å². The summed E-state index contributed by atoms with van der Waals surface area (Å²) >= 11 is 0. The number of nitrogens with zero attached hydrogens (tertiary/aromatic N) is 3. The molecule has 0 unspecified atom stereocenters. The average Bonchev–Trinajstić information content (AvgIpc) is 2.71. The molecule has 0 aliphatic rings. The molecule has 1 rings (SSSR count). The molecule has 6 heteroatoms. The number of nitrogens with one attached hydrogen (secondary N) is 1. The molecule has 1 atom stereocenters. The third-order valence-electron chi connectivity index (χ3n) is 3.26. The number of carbonyl (C=O) groups is 1. The summed E-state index contributed by atoms with van der Waals surface area (Å²) in [5.41, 5.74) is 2.02. The number of aromatic nitrogens is 2. The minimum atomic E-state index is -0.241. The van der Waals surface area contributed by atoms with Gasteiger partial charge in [-0.25, -0.2) is 4.68 Å². The second-order valence-corrected chi connectivity index (χ2v) is 5.49. The Hall–Kier alpha value is -1.56. The van der Waals surface area contributed by atoms with E-state index < -0.39 is 0 Å². The Morgan fingerprint density at radius 2 is 2.00 bits per heavy atom. The van der Waals surface area contributed by atoms with E-state index in [1.54, 1.807) is 30.8 Å². The summed E-state index contributed by atoms with van der Waals surface area (Å²) < 4.78 is 7.15. The van der Waals surface area contributed by atoms with Gasteiger partial charge in [-0.3, -0.25) is 4.79 Å². The summed E-state index contributed by atoms with van der Waals surface area (Å²) in [6.45, 7) is 6.62. The molecule has 1 heterocycles. The summed E-state index contributed by atoms with van der Waals surface area (Å²) in [7, 11) is 7.01. The molecule has 1 N–H and O–H groups in total. The zero-order valence-electron chi connectivity index (χ0n) is 13.5. The number of rotatable bonds is 6. The maximum atomic E-state index is 11.9. The molecule has 0 aliphatic carbocycles. The molecule has 0 saturated carbocycles. The second-order valence-electron chi connectivity index (χ2n) is 5.49. The molecule has 0 bridgehead atoms. The minimum Gasteiger partial charge on any atom is -0.481 e. The van der Waals surface area contributed by atoms with Crippen molar-refractivity contribution in [2.24, 2.45) is 7.05 Å². The fourth-order valence-electron chi connectivity index (χ4n) is 2.19. The van der Waals surface area contributed by atoms with Crippen LogP contribution in [0.4, 0.5) is 0 Å². The van der Waals surface area contributed by atoms with Crippen molar-refractivity contribution in [1.29, 1.82) is 0 Å². The number of carbonyl (C=O) groups excluding carboxylic acids is 1. The van der Waals surface area contributed by atoms with Gasteiger partial charge in [0, 0.05) is 27.7 Å². The molecule has 20 heavy (non-hydrogen) atoms. The third kappa shape index (κ3) is 3.50. The van der Waals surface area contributed by atoms with E-state index in [2.05, 4.69) is 24.3 Å². The molecule has 114 valence electrons. The lowest BCUT2D eigenvalue weighted by molar-refractivity contribution is -0.130. The van der Waals surface area contributed by atoms with E-state index in [1.165, 1.54) is 0 Å². The van der Waals surface area contributed by atoms with Crippen molar-refractivity contribution in [3.63, 3.8) is 0 Å². The largest absolute Gasteiger partial charge is 0.481 e. The van der Waals surface area contributed by atoms with Crippen molar-refractivity contribution in [3.05, 3.63) is 11.3 Å². The highest BCUT2D eigenvalue weighted by Crippen LogP contribution is 2.26. The van der Waals surface area contributed by atoms with Crippen LogP contribution in [0.15, 0.2) is 0 Å². The van der Waals surface area contributed by atoms with Crippen LogP contribution in [-0.2, 0) is 18.4 Å². The van der Waals surface area contributed by atoms with Crippen molar-refractivity contribution in [1.82, 2.24) is 20.0 Å². The quantitative estimate of drug-likeness (QED) is 0.849. The number of ether oxygens (including phenoxy) is 1. The molecule has 6 nitrogen and oxygen atoms in total. The first-order valence-electron chi connectivity index (χ1n) is 6.83. The second kappa shape index (κ2) is 6.74. The van der Waals surface area contributed by atoms with Crippen LogP contribution < -0.4 is 10.1 Å². The molecule has 0 radical (unpaired) electrons. The molecular weight excluding hydrogens is 256 g/mol. The Morgan fingerprint density at radius 1 is 1.40 bits per heavy atom. The third-order valence-corrected chi connectivity index (χ3v) is 3.26. The van der Waals surface area contributed by atoms with Gasteiger partial charge in [0.2, 0.25) is 11.8 Å². The van der Waals surface area contributed by atoms with Crippen LogP contribution in [0.5, 0.6) is 5.88 Å². The summed E-state index contributed by atoms with van der Waals surface area (Å²) in [4.78, 5) is 13.4. The lowest BCUT2D eigenvalue weighted by Gasteiger charge is -2.18. The highest BCUT2D eigenvalue weighted by Gasteiger charge is 2.21. The summed E-state index contributed by atoms with van der Waals surface area (Å²) in [6.07, 6.45) is 0. The predicted molar refractivity (Wildman–Crippen MR) is 78.8 cm³/mol. The molecule has 1 aromatic heterocycles. The Morgan fingerprint density at radius 3 is 2.45 bits per heavy atom. The monoisotopic (exact) mass is 282 g/mol. The van der Waals surface area contributed by atoms with Crippen LogP contribution in [0, 0.1) is 0 Å². The van der Waals surface area contributed by atoms with Crippen LogP contribution in [0.3, 0.4) is 0 Å². The van der Waals surface area contributed by atoms with Gasteiger partial charge in [-0.05, 0) is 12.8 Å². The normalized spacial score (nSPS) is 12.6. The lowest BCUT2D eigenvalue weighted by Crippen LogP contribution is -2.41. The van der Waals surface area contributed by atoms with Crippen molar-refractivity contribution < 1.29 is 9.53 Å². The number of amides is 1.